The van der Waals surface area contributed by atoms with E-state index in [9.17, 15) is 9.90 Å². The largest absolute Gasteiger partial charge is 0.444 e. The van der Waals surface area contributed by atoms with E-state index in [1.165, 1.54) is 0 Å². The lowest BCUT2D eigenvalue weighted by molar-refractivity contribution is -0.0133. The highest BCUT2D eigenvalue weighted by molar-refractivity contribution is 5.69. The highest BCUT2D eigenvalue weighted by atomic mass is 16.6. The number of carbonyl (C=O) groups excluding carboxylic acids is 1. The Balaban J connectivity index is 2.79. The average Bonchev–Trinajstić information content (AvgIpc) is 2.38. The average molecular weight is 243 g/mol. The van der Waals surface area contributed by atoms with Gasteiger partial charge in [-0.3, -0.25) is 0 Å². The summed E-state index contributed by atoms with van der Waals surface area (Å²) in [5.74, 6) is 0. The SMILES string of the molecule is CC(C)(C)OC(=O)N1CCCCCC1(C)CO. The number of amides is 1. The molecule has 1 rings (SSSR count). The monoisotopic (exact) mass is 243 g/mol. The van der Waals surface area contributed by atoms with Gasteiger partial charge in [-0.1, -0.05) is 12.8 Å². The third-order valence-corrected chi connectivity index (χ3v) is 3.20. The van der Waals surface area contributed by atoms with Crippen molar-refractivity contribution in [2.45, 2.75) is 64.5 Å². The summed E-state index contributed by atoms with van der Waals surface area (Å²) < 4.78 is 5.41. The van der Waals surface area contributed by atoms with Crippen LogP contribution in [0.5, 0.6) is 0 Å². The molecule has 1 N–H and O–H groups in total. The highest BCUT2D eigenvalue weighted by Crippen LogP contribution is 2.28. The van der Waals surface area contributed by atoms with E-state index in [1.54, 1.807) is 4.90 Å². The van der Waals surface area contributed by atoms with E-state index in [2.05, 4.69) is 0 Å². The van der Waals surface area contributed by atoms with Crippen LogP contribution >= 0.6 is 0 Å². The standard InChI is InChI=1S/C13H25NO3/c1-12(2,3)17-11(16)14-9-7-5-6-8-13(14,4)10-15/h15H,5-10H2,1-4H3. The lowest BCUT2D eigenvalue weighted by Crippen LogP contribution is -2.53. The molecule has 100 valence electrons. The maximum absolute atomic E-state index is 12.1. The first kappa shape index (κ1) is 14.3. The summed E-state index contributed by atoms with van der Waals surface area (Å²) in [5.41, 5.74) is -0.960. The second-order valence-corrected chi connectivity index (χ2v) is 6.10. The zero-order valence-electron chi connectivity index (χ0n) is 11.5. The predicted octanol–water partition coefficient (Wildman–Crippen LogP) is 2.55. The number of hydrogen-bond donors (Lipinski definition) is 1. The molecular weight excluding hydrogens is 218 g/mol. The van der Waals surface area contributed by atoms with Crippen LogP contribution in [0, 0.1) is 0 Å². The molecule has 1 unspecified atom stereocenters. The van der Waals surface area contributed by atoms with Crippen LogP contribution in [0.3, 0.4) is 0 Å². The van der Waals surface area contributed by atoms with Gasteiger partial charge in [0, 0.05) is 6.54 Å². The Morgan fingerprint density at radius 3 is 2.53 bits per heavy atom. The minimum absolute atomic E-state index is 0.00770. The van der Waals surface area contributed by atoms with Crippen molar-refractivity contribution in [2.24, 2.45) is 0 Å². The predicted molar refractivity (Wildman–Crippen MR) is 66.9 cm³/mol. The molecule has 0 radical (unpaired) electrons. The molecule has 1 heterocycles. The maximum Gasteiger partial charge on any atom is 0.410 e. The molecule has 4 heteroatoms. The summed E-state index contributed by atoms with van der Waals surface area (Å²) >= 11 is 0. The van der Waals surface area contributed by atoms with Crippen molar-refractivity contribution in [3.8, 4) is 0 Å². The molecule has 1 atom stereocenters. The first-order valence-electron chi connectivity index (χ1n) is 6.40. The summed E-state index contributed by atoms with van der Waals surface area (Å²) in [6, 6.07) is 0. The molecular formula is C13H25NO3. The van der Waals surface area contributed by atoms with Crippen LogP contribution in [0.2, 0.25) is 0 Å². The van der Waals surface area contributed by atoms with Gasteiger partial charge in [0.05, 0.1) is 12.1 Å². The zero-order valence-corrected chi connectivity index (χ0v) is 11.5. The Labute approximate surface area is 104 Å². The minimum Gasteiger partial charge on any atom is -0.444 e. The lowest BCUT2D eigenvalue weighted by atomic mass is 9.96. The molecule has 17 heavy (non-hydrogen) atoms. The highest BCUT2D eigenvalue weighted by Gasteiger charge is 2.37. The third-order valence-electron chi connectivity index (χ3n) is 3.20. The van der Waals surface area contributed by atoms with Crippen LogP contribution in [0.1, 0.15) is 53.4 Å². The first-order valence-corrected chi connectivity index (χ1v) is 6.40. The normalized spacial score (nSPS) is 26.5. The van der Waals surface area contributed by atoms with Gasteiger partial charge in [0.25, 0.3) is 0 Å². The number of aliphatic hydroxyl groups excluding tert-OH is 1. The Morgan fingerprint density at radius 1 is 1.35 bits per heavy atom. The molecule has 4 nitrogen and oxygen atoms in total. The molecule has 0 aromatic heterocycles. The molecule has 1 aliphatic rings. The lowest BCUT2D eigenvalue weighted by Gasteiger charge is -2.39. The summed E-state index contributed by atoms with van der Waals surface area (Å²) in [5, 5.41) is 9.54. The first-order chi connectivity index (χ1) is 7.78. The fourth-order valence-corrected chi connectivity index (χ4v) is 2.15. The van der Waals surface area contributed by atoms with Gasteiger partial charge in [0.15, 0.2) is 0 Å². The van der Waals surface area contributed by atoms with Crippen molar-refractivity contribution in [1.82, 2.24) is 4.90 Å². The Morgan fingerprint density at radius 2 is 2.00 bits per heavy atom. The van der Waals surface area contributed by atoms with Crippen LogP contribution in [-0.4, -0.2) is 40.4 Å². The number of likely N-dealkylation sites (tertiary alicyclic amines) is 1. The van der Waals surface area contributed by atoms with Gasteiger partial charge in [-0.05, 0) is 40.5 Å². The second-order valence-electron chi connectivity index (χ2n) is 6.10. The quantitative estimate of drug-likeness (QED) is 0.770. The van der Waals surface area contributed by atoms with Crippen LogP contribution in [0.4, 0.5) is 4.79 Å². The van der Waals surface area contributed by atoms with Crippen LogP contribution in [0.15, 0.2) is 0 Å². The molecule has 0 spiro atoms. The van der Waals surface area contributed by atoms with Gasteiger partial charge in [0.1, 0.15) is 5.60 Å². The Kier molecular flexibility index (Phi) is 4.42. The van der Waals surface area contributed by atoms with Gasteiger partial charge in [0.2, 0.25) is 0 Å². The molecule has 1 fully saturated rings. The van der Waals surface area contributed by atoms with Crippen molar-refractivity contribution in [2.75, 3.05) is 13.2 Å². The molecule has 1 saturated heterocycles. The minimum atomic E-state index is -0.486. The molecule has 0 aromatic rings. The fourth-order valence-electron chi connectivity index (χ4n) is 2.15. The number of ether oxygens (including phenoxy) is 1. The van der Waals surface area contributed by atoms with Gasteiger partial charge >= 0.3 is 6.09 Å². The number of nitrogens with zero attached hydrogens (tertiary/aromatic N) is 1. The number of aliphatic hydroxyl groups is 1. The van der Waals surface area contributed by atoms with E-state index in [0.717, 1.165) is 25.7 Å². The fraction of sp³-hybridized carbons (Fsp3) is 0.923. The maximum atomic E-state index is 12.1. The topological polar surface area (TPSA) is 49.8 Å². The van der Waals surface area contributed by atoms with Gasteiger partial charge in [-0.25, -0.2) is 4.79 Å². The van der Waals surface area contributed by atoms with Gasteiger partial charge in [-0.15, -0.1) is 0 Å². The molecule has 0 aromatic carbocycles. The Bertz CT molecular complexity index is 272. The van der Waals surface area contributed by atoms with Crippen LogP contribution in [-0.2, 0) is 4.74 Å². The summed E-state index contributed by atoms with van der Waals surface area (Å²) in [7, 11) is 0. The number of hydrogen-bond acceptors (Lipinski definition) is 3. The molecule has 0 aliphatic carbocycles. The van der Waals surface area contributed by atoms with Crippen molar-refractivity contribution in [1.29, 1.82) is 0 Å². The van der Waals surface area contributed by atoms with Crippen molar-refractivity contribution in [3.63, 3.8) is 0 Å². The van der Waals surface area contributed by atoms with Crippen LogP contribution < -0.4 is 0 Å². The zero-order chi connectivity index (χ0) is 13.1. The number of carbonyl (C=O) groups is 1. The van der Waals surface area contributed by atoms with E-state index in [4.69, 9.17) is 4.74 Å². The summed E-state index contributed by atoms with van der Waals surface area (Å²) in [4.78, 5) is 13.8. The van der Waals surface area contributed by atoms with E-state index < -0.39 is 11.1 Å². The van der Waals surface area contributed by atoms with E-state index in [0.29, 0.717) is 6.54 Å². The van der Waals surface area contributed by atoms with Crippen LogP contribution in [0.25, 0.3) is 0 Å². The number of rotatable bonds is 1. The molecule has 0 bridgehead atoms. The molecule has 1 amide bonds. The summed E-state index contributed by atoms with van der Waals surface area (Å²) in [6.45, 7) is 8.18. The van der Waals surface area contributed by atoms with E-state index in [-0.39, 0.29) is 12.7 Å². The van der Waals surface area contributed by atoms with Gasteiger partial charge in [-0.2, -0.15) is 0 Å². The third kappa shape index (κ3) is 3.87. The van der Waals surface area contributed by atoms with E-state index >= 15 is 0 Å². The summed E-state index contributed by atoms with van der Waals surface area (Å²) in [6.07, 6.45) is 3.67. The van der Waals surface area contributed by atoms with Crippen molar-refractivity contribution < 1.29 is 14.6 Å². The molecule has 1 aliphatic heterocycles. The van der Waals surface area contributed by atoms with E-state index in [1.807, 2.05) is 27.7 Å². The smallest absolute Gasteiger partial charge is 0.410 e. The van der Waals surface area contributed by atoms with Crippen molar-refractivity contribution in [3.05, 3.63) is 0 Å². The van der Waals surface area contributed by atoms with Crippen molar-refractivity contribution >= 4 is 6.09 Å². The second kappa shape index (κ2) is 5.25. The van der Waals surface area contributed by atoms with Gasteiger partial charge < -0.3 is 14.7 Å². The molecule has 0 saturated carbocycles. The Hall–Kier alpha value is -0.770.